The number of anilines is 1. The normalized spacial score (nSPS) is 10.9. The van der Waals surface area contributed by atoms with Crippen molar-refractivity contribution in [2.24, 2.45) is 0 Å². The van der Waals surface area contributed by atoms with Crippen LogP contribution < -0.4 is 15.4 Å². The third-order valence-electron chi connectivity index (χ3n) is 4.35. The second-order valence-corrected chi connectivity index (χ2v) is 6.93. The molecule has 0 fully saturated rings. The number of nitro benzene ring substituents is 1. The molecular weight excluding hydrogens is 434 g/mol. The number of amides is 2. The second kappa shape index (κ2) is 10.2. The molecule has 0 aromatic heterocycles. The Labute approximate surface area is 188 Å². The molecule has 0 saturated carbocycles. The third kappa shape index (κ3) is 5.71. The molecule has 2 N–H and O–H groups in total. The number of nitrogens with zero attached hydrogens (tertiary/aromatic N) is 1. The number of methoxy groups -OCH3 is 1. The van der Waals surface area contributed by atoms with Gasteiger partial charge in [-0.15, -0.1) is 0 Å². The lowest BCUT2D eigenvalue weighted by Crippen LogP contribution is -2.30. The highest BCUT2D eigenvalue weighted by Crippen LogP contribution is 2.19. The van der Waals surface area contributed by atoms with E-state index in [1.807, 2.05) is 0 Å². The highest BCUT2D eigenvalue weighted by Gasteiger charge is 2.17. The smallest absolute Gasteiger partial charge is 0.272 e. The molecule has 0 bridgehead atoms. The van der Waals surface area contributed by atoms with E-state index in [-0.39, 0.29) is 22.0 Å². The molecule has 32 heavy (non-hydrogen) atoms. The first-order chi connectivity index (χ1) is 15.4. The largest absolute Gasteiger partial charge is 0.497 e. The molecule has 0 aliphatic carbocycles. The van der Waals surface area contributed by atoms with Crippen LogP contribution in [0, 0.1) is 10.1 Å². The molecule has 0 radical (unpaired) electrons. The second-order valence-electron chi connectivity index (χ2n) is 6.53. The summed E-state index contributed by atoms with van der Waals surface area (Å²) in [5.41, 5.74) is 0.736. The molecule has 162 valence electrons. The van der Waals surface area contributed by atoms with E-state index in [0.29, 0.717) is 17.0 Å². The van der Waals surface area contributed by atoms with Crippen LogP contribution in [0.2, 0.25) is 5.02 Å². The maximum absolute atomic E-state index is 12.9. The van der Waals surface area contributed by atoms with Gasteiger partial charge in [0.15, 0.2) is 0 Å². The first-order valence-corrected chi connectivity index (χ1v) is 9.72. The number of nitro groups is 1. The van der Waals surface area contributed by atoms with Gasteiger partial charge in [0.1, 0.15) is 11.4 Å². The third-order valence-corrected chi connectivity index (χ3v) is 4.68. The summed E-state index contributed by atoms with van der Waals surface area (Å²) < 4.78 is 5.10. The minimum absolute atomic E-state index is 0.119. The molecule has 0 aliphatic heterocycles. The van der Waals surface area contributed by atoms with E-state index in [9.17, 15) is 19.7 Å². The Balaban J connectivity index is 1.93. The van der Waals surface area contributed by atoms with Gasteiger partial charge in [-0.25, -0.2) is 0 Å². The zero-order valence-corrected chi connectivity index (χ0v) is 17.6. The average Bonchev–Trinajstić information content (AvgIpc) is 2.79. The number of rotatable bonds is 7. The maximum Gasteiger partial charge on any atom is 0.272 e. The fraction of sp³-hybridized carbons (Fsp3) is 0.0435. The number of non-ortho nitro benzene ring substituents is 1. The van der Waals surface area contributed by atoms with E-state index in [2.05, 4.69) is 10.6 Å². The Morgan fingerprint density at radius 2 is 1.75 bits per heavy atom. The van der Waals surface area contributed by atoms with E-state index >= 15 is 0 Å². The number of nitrogens with one attached hydrogen (secondary N) is 2. The summed E-state index contributed by atoms with van der Waals surface area (Å²) in [6.45, 7) is 0. The molecule has 0 atom stereocenters. The lowest BCUT2D eigenvalue weighted by Gasteiger charge is -2.12. The van der Waals surface area contributed by atoms with Crippen molar-refractivity contribution in [3.05, 3.63) is 105 Å². The minimum atomic E-state index is -0.623. The van der Waals surface area contributed by atoms with Crippen LogP contribution in [0.1, 0.15) is 15.9 Å². The predicted octanol–water partition coefficient (Wildman–Crippen LogP) is 4.67. The molecule has 8 nitrogen and oxygen atoms in total. The molecule has 3 aromatic carbocycles. The first-order valence-electron chi connectivity index (χ1n) is 9.35. The number of hydrogen-bond donors (Lipinski definition) is 2. The lowest BCUT2D eigenvalue weighted by molar-refractivity contribution is -0.384. The molecule has 0 aliphatic rings. The predicted molar refractivity (Wildman–Crippen MR) is 122 cm³/mol. The highest BCUT2D eigenvalue weighted by atomic mass is 35.5. The van der Waals surface area contributed by atoms with Gasteiger partial charge in [-0.05, 0) is 48.0 Å². The number of halogens is 1. The first kappa shape index (κ1) is 22.5. The molecule has 0 unspecified atom stereocenters. The van der Waals surface area contributed by atoms with Gasteiger partial charge >= 0.3 is 0 Å². The minimum Gasteiger partial charge on any atom is -0.497 e. The van der Waals surface area contributed by atoms with Crippen molar-refractivity contribution in [2.45, 2.75) is 0 Å². The van der Waals surface area contributed by atoms with E-state index in [4.69, 9.17) is 16.3 Å². The van der Waals surface area contributed by atoms with Crippen LogP contribution in [0.15, 0.2) is 78.5 Å². The zero-order valence-electron chi connectivity index (χ0n) is 16.9. The summed E-state index contributed by atoms with van der Waals surface area (Å²) in [6.07, 6.45) is 1.35. The number of carbonyl (C=O) groups is 2. The summed E-state index contributed by atoms with van der Waals surface area (Å²) in [5, 5.41) is 16.5. The van der Waals surface area contributed by atoms with Crippen LogP contribution in [-0.4, -0.2) is 23.8 Å². The van der Waals surface area contributed by atoms with Crippen LogP contribution in [0.4, 0.5) is 11.4 Å². The van der Waals surface area contributed by atoms with E-state index in [1.54, 1.807) is 48.5 Å². The van der Waals surface area contributed by atoms with Crippen LogP contribution in [0.5, 0.6) is 5.75 Å². The Hall–Kier alpha value is -4.17. The fourth-order valence-corrected chi connectivity index (χ4v) is 2.98. The van der Waals surface area contributed by atoms with E-state index in [0.717, 1.165) is 0 Å². The van der Waals surface area contributed by atoms with Crippen LogP contribution in [0.25, 0.3) is 6.08 Å². The van der Waals surface area contributed by atoms with Crippen LogP contribution >= 0.6 is 11.6 Å². The van der Waals surface area contributed by atoms with Crippen molar-refractivity contribution in [3.8, 4) is 5.75 Å². The van der Waals surface area contributed by atoms with Gasteiger partial charge < -0.3 is 15.4 Å². The lowest BCUT2D eigenvalue weighted by atomic mass is 10.1. The number of carbonyl (C=O) groups excluding carboxylic acids is 2. The van der Waals surface area contributed by atoms with Crippen LogP contribution in [-0.2, 0) is 4.79 Å². The molecular formula is C23H18ClN3O5. The highest BCUT2D eigenvalue weighted by molar-refractivity contribution is 6.34. The molecule has 0 spiro atoms. The monoisotopic (exact) mass is 451 g/mol. The zero-order chi connectivity index (χ0) is 23.1. The Bertz CT molecular complexity index is 1190. The maximum atomic E-state index is 12.9. The van der Waals surface area contributed by atoms with Gasteiger partial charge in [-0.2, -0.15) is 0 Å². The Kier molecular flexibility index (Phi) is 7.20. The average molecular weight is 452 g/mol. The summed E-state index contributed by atoms with van der Waals surface area (Å²) in [6, 6.07) is 18.7. The SMILES string of the molecule is COc1ccc(NC(=O)/C(=C/c2cccc([N+](=O)[O-])c2)NC(=O)c2ccccc2Cl)cc1. The van der Waals surface area contributed by atoms with Crippen LogP contribution in [0.3, 0.4) is 0 Å². The summed E-state index contributed by atoms with van der Waals surface area (Å²) in [7, 11) is 1.53. The topological polar surface area (TPSA) is 111 Å². The molecule has 0 saturated heterocycles. The van der Waals surface area contributed by atoms with E-state index in [1.165, 1.54) is 37.5 Å². The van der Waals surface area contributed by atoms with Gasteiger partial charge in [0.25, 0.3) is 17.5 Å². The van der Waals surface area contributed by atoms with Crippen molar-refractivity contribution in [3.63, 3.8) is 0 Å². The van der Waals surface area contributed by atoms with Gasteiger partial charge in [-0.1, -0.05) is 35.9 Å². The number of ether oxygens (including phenoxy) is 1. The van der Waals surface area contributed by atoms with Crippen molar-refractivity contribution < 1.29 is 19.2 Å². The quantitative estimate of drug-likeness (QED) is 0.308. The Morgan fingerprint density at radius 1 is 1.03 bits per heavy atom. The number of benzene rings is 3. The summed E-state index contributed by atoms with van der Waals surface area (Å²) in [5.74, 6) is -0.610. The van der Waals surface area contributed by atoms with Gasteiger partial charge in [0.2, 0.25) is 0 Å². The standard InChI is InChI=1S/C23H18ClN3O5/c1-32-18-11-9-16(10-12-18)25-23(29)21(14-15-5-4-6-17(13-15)27(30)31)26-22(28)19-7-2-3-8-20(19)24/h2-14H,1H3,(H,25,29)(H,26,28)/b21-14-. The molecule has 9 heteroatoms. The van der Waals surface area contributed by atoms with Crippen molar-refractivity contribution in [2.75, 3.05) is 12.4 Å². The molecule has 3 aromatic rings. The summed E-state index contributed by atoms with van der Waals surface area (Å²) in [4.78, 5) is 36.2. The molecule has 2 amide bonds. The summed E-state index contributed by atoms with van der Waals surface area (Å²) >= 11 is 6.09. The van der Waals surface area contributed by atoms with Gasteiger partial charge in [0, 0.05) is 17.8 Å². The van der Waals surface area contributed by atoms with Crippen molar-refractivity contribution in [1.82, 2.24) is 5.32 Å². The molecule has 3 rings (SSSR count). The van der Waals surface area contributed by atoms with Crippen molar-refractivity contribution in [1.29, 1.82) is 0 Å². The number of hydrogen-bond acceptors (Lipinski definition) is 5. The fourth-order valence-electron chi connectivity index (χ4n) is 2.76. The van der Waals surface area contributed by atoms with E-state index < -0.39 is 16.7 Å². The van der Waals surface area contributed by atoms with Crippen molar-refractivity contribution >= 4 is 40.9 Å². The van der Waals surface area contributed by atoms with Gasteiger partial charge in [0.05, 0.1) is 22.6 Å². The van der Waals surface area contributed by atoms with Gasteiger partial charge in [-0.3, -0.25) is 19.7 Å². The Morgan fingerprint density at radius 3 is 2.41 bits per heavy atom. The molecule has 0 heterocycles.